The highest BCUT2D eigenvalue weighted by atomic mass is 16.6. The molecule has 8 nitrogen and oxygen atoms in total. The van der Waals surface area contributed by atoms with Gasteiger partial charge in [0, 0.05) is 18.1 Å². The van der Waals surface area contributed by atoms with E-state index in [0.29, 0.717) is 22.8 Å². The first-order chi connectivity index (χ1) is 15.3. The van der Waals surface area contributed by atoms with Gasteiger partial charge in [-0.05, 0) is 64.4 Å². The van der Waals surface area contributed by atoms with E-state index in [2.05, 4.69) is 5.32 Å². The minimum Gasteiger partial charge on any atom is -0.497 e. The quantitative estimate of drug-likeness (QED) is 0.567. The molecule has 8 heteroatoms. The van der Waals surface area contributed by atoms with Gasteiger partial charge in [0.25, 0.3) is 0 Å². The number of carbonyl (C=O) groups is 2. The number of benzene rings is 2. The third-order valence-electron chi connectivity index (χ3n) is 4.77. The predicted molar refractivity (Wildman–Crippen MR) is 124 cm³/mol. The molecule has 0 aliphatic heterocycles. The van der Waals surface area contributed by atoms with E-state index in [9.17, 15) is 14.7 Å². The van der Waals surface area contributed by atoms with E-state index < -0.39 is 23.7 Å². The Labute approximate surface area is 194 Å². The van der Waals surface area contributed by atoms with Crippen molar-refractivity contribution in [3.8, 4) is 17.2 Å². The molecular formula is C25H33NO7. The Kier molecular flexibility index (Phi) is 8.19. The summed E-state index contributed by atoms with van der Waals surface area (Å²) < 4.78 is 21.9. The minimum absolute atomic E-state index is 0.0909. The number of carboxylic acids is 1. The Hall–Kier alpha value is -3.42. The standard InChI is InChI=1S/C25H33NO7/c1-24(2,3)32-18-10-8-16(9-11-18)12-21(22(27)28)26-23(29)33-25(4,5)17-13-19(30-6)15-20(14-17)31-7/h8-11,13-15,21H,12H2,1-7H3,(H,26,29)(H,27,28). The van der Waals surface area contributed by atoms with Gasteiger partial charge in [0.1, 0.15) is 34.5 Å². The second-order valence-corrected chi connectivity index (χ2v) is 9.10. The first-order valence-corrected chi connectivity index (χ1v) is 10.6. The average molecular weight is 460 g/mol. The van der Waals surface area contributed by atoms with E-state index >= 15 is 0 Å². The molecule has 1 unspecified atom stereocenters. The molecule has 180 valence electrons. The van der Waals surface area contributed by atoms with Crippen LogP contribution in [-0.4, -0.2) is 43.0 Å². The summed E-state index contributed by atoms with van der Waals surface area (Å²) >= 11 is 0. The van der Waals surface area contributed by atoms with Crippen molar-refractivity contribution < 1.29 is 33.6 Å². The Morgan fingerprint density at radius 2 is 1.45 bits per heavy atom. The van der Waals surface area contributed by atoms with Gasteiger partial charge in [0.05, 0.1) is 14.2 Å². The van der Waals surface area contributed by atoms with Crippen molar-refractivity contribution in [2.24, 2.45) is 0 Å². The number of nitrogens with one attached hydrogen (secondary N) is 1. The molecule has 0 aliphatic rings. The second-order valence-electron chi connectivity index (χ2n) is 9.10. The first kappa shape index (κ1) is 25.8. The van der Waals surface area contributed by atoms with Crippen molar-refractivity contribution in [3.05, 3.63) is 53.6 Å². The smallest absolute Gasteiger partial charge is 0.408 e. The van der Waals surface area contributed by atoms with Crippen molar-refractivity contribution in [2.75, 3.05) is 14.2 Å². The van der Waals surface area contributed by atoms with Gasteiger partial charge >= 0.3 is 12.1 Å². The summed E-state index contributed by atoms with van der Waals surface area (Å²) in [5, 5.41) is 12.1. The molecule has 0 saturated carbocycles. The van der Waals surface area contributed by atoms with Crippen LogP contribution in [0, 0.1) is 0 Å². The lowest BCUT2D eigenvalue weighted by Gasteiger charge is -2.27. The molecule has 0 bridgehead atoms. The molecule has 0 saturated heterocycles. The molecule has 0 heterocycles. The van der Waals surface area contributed by atoms with Gasteiger partial charge in [-0.25, -0.2) is 9.59 Å². The number of alkyl carbamates (subject to hydrolysis) is 1. The maximum absolute atomic E-state index is 12.6. The van der Waals surface area contributed by atoms with E-state index in [1.54, 1.807) is 56.3 Å². The Morgan fingerprint density at radius 3 is 1.91 bits per heavy atom. The molecule has 1 atom stereocenters. The summed E-state index contributed by atoms with van der Waals surface area (Å²) in [5.41, 5.74) is -0.0346. The van der Waals surface area contributed by atoms with E-state index in [1.165, 1.54) is 14.2 Å². The molecule has 0 aromatic heterocycles. The lowest BCUT2D eigenvalue weighted by Crippen LogP contribution is -2.44. The van der Waals surface area contributed by atoms with Gasteiger partial charge in [-0.1, -0.05) is 12.1 Å². The van der Waals surface area contributed by atoms with E-state index in [-0.39, 0.29) is 12.0 Å². The van der Waals surface area contributed by atoms with E-state index in [0.717, 1.165) is 5.56 Å². The fraction of sp³-hybridized carbons (Fsp3) is 0.440. The van der Waals surface area contributed by atoms with Crippen LogP contribution in [0.1, 0.15) is 45.7 Å². The van der Waals surface area contributed by atoms with Gasteiger partial charge in [-0.2, -0.15) is 0 Å². The Balaban J connectivity index is 2.09. The highest BCUT2D eigenvalue weighted by molar-refractivity contribution is 5.80. The van der Waals surface area contributed by atoms with Crippen LogP contribution < -0.4 is 19.5 Å². The van der Waals surface area contributed by atoms with Crippen LogP contribution >= 0.6 is 0 Å². The number of hydrogen-bond donors (Lipinski definition) is 2. The van der Waals surface area contributed by atoms with Gasteiger partial charge < -0.3 is 29.4 Å². The summed E-state index contributed by atoms with van der Waals surface area (Å²) in [6, 6.07) is 11.1. The summed E-state index contributed by atoms with van der Waals surface area (Å²) in [5.74, 6) is 0.608. The number of hydrogen-bond acceptors (Lipinski definition) is 6. The zero-order valence-electron chi connectivity index (χ0n) is 20.2. The molecule has 0 aliphatic carbocycles. The van der Waals surface area contributed by atoms with Crippen LogP contribution in [0.3, 0.4) is 0 Å². The number of aliphatic carboxylic acids is 1. The third-order valence-corrected chi connectivity index (χ3v) is 4.77. The summed E-state index contributed by atoms with van der Waals surface area (Å²) in [4.78, 5) is 24.3. The van der Waals surface area contributed by atoms with Crippen LogP contribution in [-0.2, 0) is 21.6 Å². The zero-order chi connectivity index (χ0) is 24.8. The molecule has 2 aromatic carbocycles. The predicted octanol–water partition coefficient (Wildman–Crippen LogP) is 4.54. The molecule has 1 amide bonds. The lowest BCUT2D eigenvalue weighted by molar-refractivity contribution is -0.139. The van der Waals surface area contributed by atoms with Crippen LogP contribution in [0.4, 0.5) is 4.79 Å². The molecule has 33 heavy (non-hydrogen) atoms. The second kappa shape index (κ2) is 10.5. The monoisotopic (exact) mass is 459 g/mol. The lowest BCUT2D eigenvalue weighted by atomic mass is 9.97. The highest BCUT2D eigenvalue weighted by Crippen LogP contribution is 2.32. The zero-order valence-corrected chi connectivity index (χ0v) is 20.2. The van der Waals surface area contributed by atoms with Gasteiger partial charge in [-0.15, -0.1) is 0 Å². The van der Waals surface area contributed by atoms with Gasteiger partial charge in [0.15, 0.2) is 0 Å². The first-order valence-electron chi connectivity index (χ1n) is 10.6. The van der Waals surface area contributed by atoms with Crippen LogP contribution in [0.2, 0.25) is 0 Å². The fourth-order valence-electron chi connectivity index (χ4n) is 3.10. The highest BCUT2D eigenvalue weighted by Gasteiger charge is 2.29. The molecular weight excluding hydrogens is 426 g/mol. The van der Waals surface area contributed by atoms with Crippen LogP contribution in [0.25, 0.3) is 0 Å². The Bertz CT molecular complexity index is 939. The number of ether oxygens (including phenoxy) is 4. The number of rotatable bonds is 9. The molecule has 2 rings (SSSR count). The summed E-state index contributed by atoms with van der Waals surface area (Å²) in [6.45, 7) is 9.23. The van der Waals surface area contributed by atoms with Crippen molar-refractivity contribution in [3.63, 3.8) is 0 Å². The summed E-state index contributed by atoms with van der Waals surface area (Å²) in [7, 11) is 3.05. The topological polar surface area (TPSA) is 103 Å². The normalized spacial score (nSPS) is 12.5. The van der Waals surface area contributed by atoms with E-state index in [1.807, 2.05) is 20.8 Å². The molecule has 0 spiro atoms. The van der Waals surface area contributed by atoms with Crippen molar-refractivity contribution in [1.29, 1.82) is 0 Å². The van der Waals surface area contributed by atoms with Crippen molar-refractivity contribution in [1.82, 2.24) is 5.32 Å². The largest absolute Gasteiger partial charge is 0.497 e. The van der Waals surface area contributed by atoms with Crippen LogP contribution in [0.5, 0.6) is 17.2 Å². The van der Waals surface area contributed by atoms with E-state index in [4.69, 9.17) is 18.9 Å². The third kappa shape index (κ3) is 7.89. The van der Waals surface area contributed by atoms with Crippen molar-refractivity contribution >= 4 is 12.1 Å². The molecule has 2 N–H and O–H groups in total. The number of methoxy groups -OCH3 is 2. The molecule has 0 radical (unpaired) electrons. The van der Waals surface area contributed by atoms with Gasteiger partial charge in [0.2, 0.25) is 0 Å². The average Bonchev–Trinajstić information content (AvgIpc) is 2.72. The molecule has 0 fully saturated rings. The SMILES string of the molecule is COc1cc(OC)cc(C(C)(C)OC(=O)NC(Cc2ccc(OC(C)(C)C)cc2)C(=O)O)c1. The summed E-state index contributed by atoms with van der Waals surface area (Å²) in [6.07, 6.45) is -0.755. The number of amides is 1. The van der Waals surface area contributed by atoms with Crippen molar-refractivity contribution in [2.45, 2.75) is 58.3 Å². The van der Waals surface area contributed by atoms with Crippen LogP contribution in [0.15, 0.2) is 42.5 Å². The number of carboxylic acid groups (broad SMARTS) is 1. The molecule has 2 aromatic rings. The minimum atomic E-state index is -1.16. The maximum Gasteiger partial charge on any atom is 0.408 e. The Morgan fingerprint density at radius 1 is 0.909 bits per heavy atom. The van der Waals surface area contributed by atoms with Gasteiger partial charge in [-0.3, -0.25) is 0 Å². The fourth-order valence-corrected chi connectivity index (χ4v) is 3.10. The number of carbonyl (C=O) groups excluding carboxylic acids is 1. The maximum atomic E-state index is 12.6.